The van der Waals surface area contributed by atoms with Crippen molar-refractivity contribution in [3.63, 3.8) is 0 Å². The maximum atomic E-state index is 12.5. The lowest BCUT2D eigenvalue weighted by atomic mass is 10.1. The summed E-state index contributed by atoms with van der Waals surface area (Å²) in [6.07, 6.45) is -5.96. The fourth-order valence-electron chi connectivity index (χ4n) is 1.07. The van der Waals surface area contributed by atoms with Crippen molar-refractivity contribution in [3.8, 4) is 0 Å². The van der Waals surface area contributed by atoms with Crippen LogP contribution in [0.15, 0.2) is 6.07 Å². The van der Waals surface area contributed by atoms with Crippen LogP contribution < -0.4 is 11.5 Å². The maximum Gasteiger partial charge on any atom is 0.418 e. The smallest absolute Gasteiger partial charge is 0.396 e. The first kappa shape index (κ1) is 13.0. The van der Waals surface area contributed by atoms with Crippen molar-refractivity contribution >= 4 is 17.3 Å². The lowest BCUT2D eigenvalue weighted by Crippen LogP contribution is -2.17. The molecular formula is C8H9ClF3N3O. The first-order chi connectivity index (χ1) is 7.27. The Morgan fingerprint density at radius 1 is 1.50 bits per heavy atom. The highest BCUT2D eigenvalue weighted by Gasteiger charge is 2.35. The minimum Gasteiger partial charge on any atom is -0.396 e. The number of pyridine rings is 1. The lowest BCUT2D eigenvalue weighted by Gasteiger charge is -2.14. The van der Waals surface area contributed by atoms with Gasteiger partial charge in [-0.25, -0.2) is 4.98 Å². The van der Waals surface area contributed by atoms with Crippen molar-refractivity contribution in [2.75, 3.05) is 12.3 Å². The van der Waals surface area contributed by atoms with Gasteiger partial charge in [-0.1, -0.05) is 11.6 Å². The summed E-state index contributed by atoms with van der Waals surface area (Å²) in [5, 5.41) is 8.78. The van der Waals surface area contributed by atoms with E-state index in [1.54, 1.807) is 0 Å². The molecule has 8 heteroatoms. The average molecular weight is 256 g/mol. The zero-order valence-electron chi connectivity index (χ0n) is 7.92. The third-order valence-electron chi connectivity index (χ3n) is 1.90. The molecule has 0 bridgehead atoms. The second-order valence-electron chi connectivity index (χ2n) is 3.05. The third-order valence-corrected chi connectivity index (χ3v) is 2.19. The van der Waals surface area contributed by atoms with Gasteiger partial charge >= 0.3 is 6.18 Å². The Kier molecular flexibility index (Phi) is 3.61. The van der Waals surface area contributed by atoms with Crippen molar-refractivity contribution in [3.05, 3.63) is 22.5 Å². The van der Waals surface area contributed by atoms with Crippen LogP contribution >= 0.6 is 11.6 Å². The molecule has 0 amide bonds. The normalized spacial score (nSPS) is 13.9. The quantitative estimate of drug-likeness (QED) is 0.696. The molecule has 0 aliphatic heterocycles. The Morgan fingerprint density at radius 2 is 2.06 bits per heavy atom. The van der Waals surface area contributed by atoms with Crippen LogP contribution in [-0.4, -0.2) is 16.6 Å². The van der Waals surface area contributed by atoms with Gasteiger partial charge in [-0.2, -0.15) is 13.2 Å². The molecule has 1 heterocycles. The van der Waals surface area contributed by atoms with Gasteiger partial charge in [-0.15, -0.1) is 0 Å². The standard InChI is InChI=1S/C8H9ClF3N3O/c9-7-6(14)3(8(10,11)12)1-4(15-7)5(16)2-13/h1,5,16H,2,13-14H2. The second kappa shape index (κ2) is 4.44. The van der Waals surface area contributed by atoms with Crippen LogP contribution in [0.25, 0.3) is 0 Å². The minimum atomic E-state index is -4.65. The van der Waals surface area contributed by atoms with Crippen LogP contribution in [0.5, 0.6) is 0 Å². The van der Waals surface area contributed by atoms with E-state index >= 15 is 0 Å². The summed E-state index contributed by atoms with van der Waals surface area (Å²) in [6, 6.07) is 0.638. The topological polar surface area (TPSA) is 85.2 Å². The van der Waals surface area contributed by atoms with Gasteiger partial charge in [0.25, 0.3) is 0 Å². The molecule has 16 heavy (non-hydrogen) atoms. The number of alkyl halides is 3. The molecule has 1 unspecified atom stereocenters. The van der Waals surface area contributed by atoms with E-state index in [1.807, 2.05) is 0 Å². The van der Waals surface area contributed by atoms with Crippen LogP contribution in [0, 0.1) is 0 Å². The molecule has 0 spiro atoms. The molecule has 1 atom stereocenters. The summed E-state index contributed by atoms with van der Waals surface area (Å²) in [5.74, 6) is 0. The highest BCUT2D eigenvalue weighted by Crippen LogP contribution is 2.37. The number of hydrogen-bond acceptors (Lipinski definition) is 4. The van der Waals surface area contributed by atoms with Crippen LogP contribution in [0.2, 0.25) is 5.15 Å². The fraction of sp³-hybridized carbons (Fsp3) is 0.375. The van der Waals surface area contributed by atoms with Gasteiger partial charge in [0.15, 0.2) is 5.15 Å². The van der Waals surface area contributed by atoms with Crippen LogP contribution in [0.3, 0.4) is 0 Å². The number of aliphatic hydroxyl groups is 1. The molecule has 1 aromatic rings. The number of nitrogen functional groups attached to an aromatic ring is 1. The van der Waals surface area contributed by atoms with Crippen molar-refractivity contribution in [2.24, 2.45) is 5.73 Å². The summed E-state index contributed by atoms with van der Waals surface area (Å²) in [6.45, 7) is -0.259. The molecule has 0 fully saturated rings. The largest absolute Gasteiger partial charge is 0.418 e. The Balaban J connectivity index is 3.33. The van der Waals surface area contributed by atoms with Crippen molar-refractivity contribution in [2.45, 2.75) is 12.3 Å². The van der Waals surface area contributed by atoms with Gasteiger partial charge in [0.05, 0.1) is 16.9 Å². The van der Waals surface area contributed by atoms with Crippen molar-refractivity contribution < 1.29 is 18.3 Å². The number of anilines is 1. The van der Waals surface area contributed by atoms with Crippen LogP contribution in [0.4, 0.5) is 18.9 Å². The van der Waals surface area contributed by atoms with Gasteiger partial charge < -0.3 is 16.6 Å². The molecule has 1 rings (SSSR count). The molecular weight excluding hydrogens is 247 g/mol. The highest BCUT2D eigenvalue weighted by atomic mass is 35.5. The van der Waals surface area contributed by atoms with E-state index in [-0.39, 0.29) is 12.2 Å². The monoisotopic (exact) mass is 255 g/mol. The molecule has 1 aromatic heterocycles. The molecule has 90 valence electrons. The fourth-order valence-corrected chi connectivity index (χ4v) is 1.27. The molecule has 5 N–H and O–H groups in total. The molecule has 0 aliphatic carbocycles. The van der Waals surface area contributed by atoms with E-state index in [1.165, 1.54) is 0 Å². The van der Waals surface area contributed by atoms with E-state index in [0.717, 1.165) is 0 Å². The van der Waals surface area contributed by atoms with Gasteiger partial charge in [0.2, 0.25) is 0 Å². The third kappa shape index (κ3) is 2.55. The summed E-state index contributed by atoms with van der Waals surface area (Å²) >= 11 is 5.44. The van der Waals surface area contributed by atoms with Gasteiger partial charge in [-0.3, -0.25) is 0 Å². The summed E-state index contributed by atoms with van der Waals surface area (Å²) in [7, 11) is 0. The average Bonchev–Trinajstić information content (AvgIpc) is 2.18. The van der Waals surface area contributed by atoms with Crippen molar-refractivity contribution in [1.82, 2.24) is 4.98 Å². The predicted molar refractivity (Wildman–Crippen MR) is 52.7 cm³/mol. The number of hydrogen-bond donors (Lipinski definition) is 3. The number of rotatable bonds is 2. The van der Waals surface area contributed by atoms with Crippen molar-refractivity contribution in [1.29, 1.82) is 0 Å². The number of nitrogens with zero attached hydrogens (tertiary/aromatic N) is 1. The molecule has 4 nitrogen and oxygen atoms in total. The SMILES string of the molecule is NCC(O)c1cc(C(F)(F)F)c(N)c(Cl)n1. The first-order valence-electron chi connectivity index (χ1n) is 4.18. The van der Waals surface area contributed by atoms with E-state index in [0.29, 0.717) is 6.07 Å². The van der Waals surface area contributed by atoms with Gasteiger partial charge in [0, 0.05) is 6.54 Å². The summed E-state index contributed by atoms with van der Waals surface area (Å²) in [5.41, 5.74) is 8.21. The number of aromatic nitrogens is 1. The number of nitrogens with two attached hydrogens (primary N) is 2. The predicted octanol–water partition coefficient (Wildman–Crippen LogP) is 1.33. The number of aliphatic hydroxyl groups excluding tert-OH is 1. The van der Waals surface area contributed by atoms with E-state index < -0.39 is 28.7 Å². The first-order valence-corrected chi connectivity index (χ1v) is 4.56. The summed E-state index contributed by atoms with van der Waals surface area (Å²) < 4.78 is 37.5. The molecule has 0 saturated heterocycles. The zero-order chi connectivity index (χ0) is 12.5. The molecule has 0 aliphatic rings. The van der Waals surface area contributed by atoms with E-state index in [4.69, 9.17) is 23.1 Å². The Labute approximate surface area is 94.0 Å². The lowest BCUT2D eigenvalue weighted by molar-refractivity contribution is -0.137. The maximum absolute atomic E-state index is 12.5. The minimum absolute atomic E-state index is 0.256. The van der Waals surface area contributed by atoms with Gasteiger partial charge in [-0.05, 0) is 6.07 Å². The summed E-state index contributed by atoms with van der Waals surface area (Å²) in [4.78, 5) is 3.53. The Hall–Kier alpha value is -1.05. The van der Waals surface area contributed by atoms with Gasteiger partial charge in [0.1, 0.15) is 6.10 Å². The molecule has 0 saturated carbocycles. The van der Waals surface area contributed by atoms with E-state index in [9.17, 15) is 18.3 Å². The molecule has 0 radical (unpaired) electrons. The van der Waals surface area contributed by atoms with E-state index in [2.05, 4.69) is 4.98 Å². The highest BCUT2D eigenvalue weighted by molar-refractivity contribution is 6.32. The van der Waals surface area contributed by atoms with Crippen LogP contribution in [-0.2, 0) is 6.18 Å². The van der Waals surface area contributed by atoms with Crippen LogP contribution in [0.1, 0.15) is 17.4 Å². The molecule has 0 aromatic carbocycles. The Bertz CT molecular complexity index is 397. The second-order valence-corrected chi connectivity index (χ2v) is 3.41. The number of halogens is 4. The zero-order valence-corrected chi connectivity index (χ0v) is 8.68. The Morgan fingerprint density at radius 3 is 2.50 bits per heavy atom.